The van der Waals surface area contributed by atoms with Crippen LogP contribution in [0.5, 0.6) is 0 Å². The van der Waals surface area contributed by atoms with Crippen molar-refractivity contribution >= 4 is 21.9 Å². The average Bonchev–Trinajstić information content (AvgIpc) is 2.88. The summed E-state index contributed by atoms with van der Waals surface area (Å²) in [6.45, 7) is 2.16. The zero-order valence-corrected chi connectivity index (χ0v) is 12.6. The molecule has 7 heteroatoms. The second kappa shape index (κ2) is 6.62. The fourth-order valence-electron chi connectivity index (χ4n) is 1.78. The van der Waals surface area contributed by atoms with E-state index in [1.54, 1.807) is 4.68 Å². The summed E-state index contributed by atoms with van der Waals surface area (Å²) in [5.74, 6) is -1.06. The van der Waals surface area contributed by atoms with E-state index in [-0.39, 0.29) is 5.69 Å². The number of rotatable bonds is 6. The number of aromatic nitrogens is 3. The Morgan fingerprint density at radius 1 is 1.45 bits per heavy atom. The van der Waals surface area contributed by atoms with E-state index in [9.17, 15) is 4.79 Å². The molecule has 0 fully saturated rings. The molecule has 2 rings (SSSR count). The number of likely N-dealkylation sites (N-methyl/N-ethyl adjacent to an activating group) is 1. The number of nitrogens with zero attached hydrogens (tertiary/aromatic N) is 4. The fraction of sp³-hybridized carbons (Fsp3) is 0.308. The van der Waals surface area contributed by atoms with Crippen LogP contribution in [0.15, 0.2) is 34.9 Å². The topological polar surface area (TPSA) is 71.2 Å². The molecule has 0 atom stereocenters. The lowest BCUT2D eigenvalue weighted by Gasteiger charge is -2.17. The first-order valence-corrected chi connectivity index (χ1v) is 6.91. The van der Waals surface area contributed by atoms with Crippen LogP contribution in [0, 0.1) is 0 Å². The standard InChI is InChI=1S/C13H15BrN4O2/c1-17(8-10-4-2-3-5-11(10)14)6-7-18-9-12(13(19)20)15-16-18/h2-5,9H,6-8H2,1H3,(H,19,20). The van der Waals surface area contributed by atoms with Crippen molar-refractivity contribution in [3.8, 4) is 0 Å². The van der Waals surface area contributed by atoms with Gasteiger partial charge in [0.15, 0.2) is 5.69 Å². The first-order chi connectivity index (χ1) is 9.56. The van der Waals surface area contributed by atoms with Crippen LogP contribution in [0.3, 0.4) is 0 Å². The van der Waals surface area contributed by atoms with Gasteiger partial charge in [0.05, 0.1) is 12.7 Å². The zero-order valence-electron chi connectivity index (χ0n) is 11.0. The van der Waals surface area contributed by atoms with Crippen LogP contribution in [-0.4, -0.2) is 44.6 Å². The Labute approximate surface area is 125 Å². The van der Waals surface area contributed by atoms with Crippen LogP contribution in [-0.2, 0) is 13.1 Å². The molecule has 0 saturated heterocycles. The Balaban J connectivity index is 1.87. The Hall–Kier alpha value is -1.73. The van der Waals surface area contributed by atoms with E-state index in [2.05, 4.69) is 37.2 Å². The number of halogens is 1. The monoisotopic (exact) mass is 338 g/mol. The number of carboxylic acids is 1. The third-order valence-corrected chi connectivity index (χ3v) is 3.64. The maximum absolute atomic E-state index is 10.7. The maximum atomic E-state index is 10.7. The molecule has 0 aliphatic rings. The van der Waals surface area contributed by atoms with E-state index in [1.807, 2.05) is 25.2 Å². The third-order valence-electron chi connectivity index (χ3n) is 2.87. The van der Waals surface area contributed by atoms with Crippen molar-refractivity contribution in [3.63, 3.8) is 0 Å². The third kappa shape index (κ3) is 3.88. The Kier molecular flexibility index (Phi) is 4.86. The predicted molar refractivity (Wildman–Crippen MR) is 77.5 cm³/mol. The van der Waals surface area contributed by atoms with Crippen LogP contribution in [0.25, 0.3) is 0 Å². The summed E-state index contributed by atoms with van der Waals surface area (Å²) in [6, 6.07) is 8.07. The number of carbonyl (C=O) groups is 1. The lowest BCUT2D eigenvalue weighted by Crippen LogP contribution is -2.23. The first kappa shape index (κ1) is 14.7. The summed E-state index contributed by atoms with van der Waals surface area (Å²) in [4.78, 5) is 12.8. The lowest BCUT2D eigenvalue weighted by molar-refractivity contribution is 0.0690. The largest absolute Gasteiger partial charge is 0.476 e. The van der Waals surface area contributed by atoms with E-state index < -0.39 is 5.97 Å². The van der Waals surface area contributed by atoms with Crippen LogP contribution >= 0.6 is 15.9 Å². The number of carboxylic acid groups (broad SMARTS) is 1. The van der Waals surface area contributed by atoms with Gasteiger partial charge in [0.1, 0.15) is 0 Å². The molecule has 1 N–H and O–H groups in total. The Morgan fingerprint density at radius 3 is 2.85 bits per heavy atom. The highest BCUT2D eigenvalue weighted by molar-refractivity contribution is 9.10. The number of aromatic carboxylic acids is 1. The summed E-state index contributed by atoms with van der Waals surface area (Å²) in [7, 11) is 2.01. The van der Waals surface area contributed by atoms with Gasteiger partial charge in [-0.25, -0.2) is 4.79 Å². The van der Waals surface area contributed by atoms with Crippen LogP contribution < -0.4 is 0 Å². The minimum atomic E-state index is -1.06. The molecule has 0 amide bonds. The minimum Gasteiger partial charge on any atom is -0.476 e. The average molecular weight is 339 g/mol. The molecule has 106 valence electrons. The smallest absolute Gasteiger partial charge is 0.358 e. The van der Waals surface area contributed by atoms with Gasteiger partial charge in [-0.2, -0.15) is 0 Å². The van der Waals surface area contributed by atoms with Crippen molar-refractivity contribution in [1.29, 1.82) is 0 Å². The molecule has 1 aromatic carbocycles. The molecule has 0 bridgehead atoms. The molecular formula is C13H15BrN4O2. The molecule has 6 nitrogen and oxygen atoms in total. The molecule has 0 radical (unpaired) electrons. The summed E-state index contributed by atoms with van der Waals surface area (Å²) in [5, 5.41) is 16.1. The maximum Gasteiger partial charge on any atom is 0.358 e. The highest BCUT2D eigenvalue weighted by Gasteiger charge is 2.09. The molecule has 1 aromatic heterocycles. The van der Waals surface area contributed by atoms with Gasteiger partial charge in [-0.3, -0.25) is 4.68 Å². The second-order valence-electron chi connectivity index (χ2n) is 4.50. The van der Waals surface area contributed by atoms with Crippen molar-refractivity contribution < 1.29 is 9.90 Å². The molecule has 0 aliphatic carbocycles. The SMILES string of the molecule is CN(CCn1cc(C(=O)O)nn1)Cc1ccccc1Br. The molecule has 2 aromatic rings. The van der Waals surface area contributed by atoms with Gasteiger partial charge in [-0.1, -0.05) is 39.3 Å². The summed E-state index contributed by atoms with van der Waals surface area (Å²) in [5.41, 5.74) is 1.18. The Morgan fingerprint density at radius 2 is 2.20 bits per heavy atom. The van der Waals surface area contributed by atoms with E-state index >= 15 is 0 Å². The van der Waals surface area contributed by atoms with E-state index in [4.69, 9.17) is 5.11 Å². The van der Waals surface area contributed by atoms with E-state index in [0.29, 0.717) is 6.54 Å². The number of hydrogen-bond acceptors (Lipinski definition) is 4. The molecule has 0 unspecified atom stereocenters. The van der Waals surface area contributed by atoms with Crippen molar-refractivity contribution in [1.82, 2.24) is 19.9 Å². The zero-order chi connectivity index (χ0) is 14.5. The van der Waals surface area contributed by atoms with Crippen molar-refractivity contribution in [3.05, 3.63) is 46.2 Å². The van der Waals surface area contributed by atoms with Gasteiger partial charge < -0.3 is 10.0 Å². The summed E-state index contributed by atoms with van der Waals surface area (Å²) < 4.78 is 2.63. The molecule has 0 spiro atoms. The van der Waals surface area contributed by atoms with Crippen molar-refractivity contribution in [2.45, 2.75) is 13.1 Å². The molecular weight excluding hydrogens is 324 g/mol. The molecule has 1 heterocycles. The Bertz CT molecular complexity index is 600. The first-order valence-electron chi connectivity index (χ1n) is 6.11. The molecule has 0 aliphatic heterocycles. The van der Waals surface area contributed by atoms with E-state index in [0.717, 1.165) is 17.6 Å². The molecule has 20 heavy (non-hydrogen) atoms. The summed E-state index contributed by atoms with van der Waals surface area (Å²) in [6.07, 6.45) is 1.44. The second-order valence-corrected chi connectivity index (χ2v) is 5.36. The van der Waals surface area contributed by atoms with Gasteiger partial charge in [0, 0.05) is 17.6 Å². The fourth-order valence-corrected chi connectivity index (χ4v) is 2.19. The normalized spacial score (nSPS) is 10.9. The quantitative estimate of drug-likeness (QED) is 0.870. The highest BCUT2D eigenvalue weighted by Crippen LogP contribution is 2.17. The van der Waals surface area contributed by atoms with Crippen LogP contribution in [0.4, 0.5) is 0 Å². The predicted octanol–water partition coefficient (Wildman–Crippen LogP) is 1.87. The number of hydrogen-bond donors (Lipinski definition) is 1. The van der Waals surface area contributed by atoms with E-state index in [1.165, 1.54) is 11.8 Å². The van der Waals surface area contributed by atoms with Gasteiger partial charge in [0.2, 0.25) is 0 Å². The summed E-state index contributed by atoms with van der Waals surface area (Å²) >= 11 is 3.52. The van der Waals surface area contributed by atoms with Crippen molar-refractivity contribution in [2.75, 3.05) is 13.6 Å². The van der Waals surface area contributed by atoms with Crippen LogP contribution in [0.2, 0.25) is 0 Å². The number of benzene rings is 1. The van der Waals surface area contributed by atoms with Crippen molar-refractivity contribution in [2.24, 2.45) is 0 Å². The van der Waals surface area contributed by atoms with Gasteiger partial charge in [-0.15, -0.1) is 5.10 Å². The van der Waals surface area contributed by atoms with Gasteiger partial charge in [0.25, 0.3) is 0 Å². The van der Waals surface area contributed by atoms with Gasteiger partial charge in [-0.05, 0) is 18.7 Å². The van der Waals surface area contributed by atoms with Crippen LogP contribution in [0.1, 0.15) is 16.1 Å². The lowest BCUT2D eigenvalue weighted by atomic mass is 10.2. The highest BCUT2D eigenvalue weighted by atomic mass is 79.9. The van der Waals surface area contributed by atoms with Gasteiger partial charge >= 0.3 is 5.97 Å². The minimum absolute atomic E-state index is 0.0292. The molecule has 0 saturated carbocycles.